The molecule has 0 bridgehead atoms. The molecule has 0 radical (unpaired) electrons. The van der Waals surface area contributed by atoms with Gasteiger partial charge in [-0.3, -0.25) is 4.79 Å². The van der Waals surface area contributed by atoms with E-state index in [1.807, 2.05) is 25.1 Å². The molecule has 0 saturated carbocycles. The second kappa shape index (κ2) is 7.68. The number of rotatable bonds is 5. The van der Waals surface area contributed by atoms with Crippen molar-refractivity contribution in [1.29, 1.82) is 0 Å². The van der Waals surface area contributed by atoms with Gasteiger partial charge in [0.1, 0.15) is 5.75 Å². The summed E-state index contributed by atoms with van der Waals surface area (Å²) in [7, 11) is -3.49. The molecule has 1 aliphatic rings. The molecule has 3 rings (SSSR count). The number of halogens is 1. The van der Waals surface area contributed by atoms with Gasteiger partial charge in [-0.05, 0) is 55.3 Å². The van der Waals surface area contributed by atoms with Crippen LogP contribution in [0.25, 0.3) is 0 Å². The summed E-state index contributed by atoms with van der Waals surface area (Å²) in [5.74, 6) is 0.420. The fourth-order valence-corrected chi connectivity index (χ4v) is 4.78. The number of carbonyl (C=O) groups is 1. The fraction of sp³-hybridized carbons (Fsp3) is 0.316. The van der Waals surface area contributed by atoms with E-state index in [2.05, 4.69) is 0 Å². The number of hydrogen-bond acceptors (Lipinski definition) is 4. The predicted octanol–water partition coefficient (Wildman–Crippen LogP) is 3.10. The highest BCUT2D eigenvalue weighted by Crippen LogP contribution is 2.25. The quantitative estimate of drug-likeness (QED) is 0.783. The smallest absolute Gasteiger partial charge is 0.260 e. The van der Waals surface area contributed by atoms with Crippen LogP contribution in [0.5, 0.6) is 5.75 Å². The normalized spacial score (nSPS) is 17.3. The monoisotopic (exact) mass is 393 g/mol. The average Bonchev–Trinajstić information content (AvgIpc) is 3.11. The molecule has 1 heterocycles. The Bertz CT molecular complexity index is 896. The number of hydrogen-bond donors (Lipinski definition) is 0. The summed E-state index contributed by atoms with van der Waals surface area (Å²) < 4.78 is 31.0. The van der Waals surface area contributed by atoms with Crippen molar-refractivity contribution in [3.63, 3.8) is 0 Å². The van der Waals surface area contributed by atoms with Gasteiger partial charge in [-0.15, -0.1) is 0 Å². The van der Waals surface area contributed by atoms with Gasteiger partial charge in [-0.1, -0.05) is 23.7 Å². The molecule has 26 heavy (non-hydrogen) atoms. The summed E-state index contributed by atoms with van der Waals surface area (Å²) in [6.45, 7) is 2.44. The summed E-state index contributed by atoms with van der Waals surface area (Å²) in [6.07, 6.45) is 0.418. The summed E-state index contributed by atoms with van der Waals surface area (Å²) in [4.78, 5) is 14.1. The van der Waals surface area contributed by atoms with Gasteiger partial charge >= 0.3 is 0 Å². The van der Waals surface area contributed by atoms with Crippen LogP contribution in [-0.4, -0.2) is 44.2 Å². The van der Waals surface area contributed by atoms with Gasteiger partial charge in [-0.25, -0.2) is 8.42 Å². The fourth-order valence-electron chi connectivity index (χ4n) is 2.97. The molecule has 1 amide bonds. The Hall–Kier alpha value is -2.05. The van der Waals surface area contributed by atoms with Crippen LogP contribution in [0, 0.1) is 6.92 Å². The van der Waals surface area contributed by atoms with Crippen LogP contribution < -0.4 is 4.74 Å². The van der Waals surface area contributed by atoms with E-state index in [9.17, 15) is 13.2 Å². The minimum Gasteiger partial charge on any atom is -0.484 e. The standard InChI is InChI=1S/C19H20ClNO4S/c1-14-3-2-4-16(11-14)25-13-19(22)21-10-9-18(12-21)26(23,24)17-7-5-15(20)6-8-17/h2-8,11,18H,9-10,12-13H2,1H3. The molecule has 1 fully saturated rings. The van der Waals surface area contributed by atoms with Crippen molar-refractivity contribution >= 4 is 27.3 Å². The van der Waals surface area contributed by atoms with E-state index in [1.165, 1.54) is 12.1 Å². The van der Waals surface area contributed by atoms with Gasteiger partial charge in [-0.2, -0.15) is 0 Å². The molecule has 1 aliphatic heterocycles. The number of ether oxygens (including phenoxy) is 1. The van der Waals surface area contributed by atoms with Crippen LogP contribution in [0.15, 0.2) is 53.4 Å². The van der Waals surface area contributed by atoms with Gasteiger partial charge < -0.3 is 9.64 Å². The molecule has 1 saturated heterocycles. The molecule has 2 aromatic rings. The van der Waals surface area contributed by atoms with Crippen LogP contribution >= 0.6 is 11.6 Å². The first kappa shape index (κ1) is 18.7. The van der Waals surface area contributed by atoms with Crippen molar-refractivity contribution in [2.75, 3.05) is 19.7 Å². The highest BCUT2D eigenvalue weighted by Gasteiger charge is 2.36. The zero-order valence-electron chi connectivity index (χ0n) is 14.4. The lowest BCUT2D eigenvalue weighted by Crippen LogP contribution is -2.35. The van der Waals surface area contributed by atoms with Gasteiger partial charge in [0.2, 0.25) is 0 Å². The Morgan fingerprint density at radius 1 is 1.23 bits per heavy atom. The highest BCUT2D eigenvalue weighted by atomic mass is 35.5. The summed E-state index contributed by atoms with van der Waals surface area (Å²) >= 11 is 5.82. The second-order valence-electron chi connectivity index (χ2n) is 6.35. The Morgan fingerprint density at radius 2 is 1.96 bits per heavy atom. The molecule has 0 spiro atoms. The largest absolute Gasteiger partial charge is 0.484 e. The molecule has 0 aromatic heterocycles. The van der Waals surface area contributed by atoms with Crippen molar-refractivity contribution in [2.45, 2.75) is 23.5 Å². The Balaban J connectivity index is 1.60. The lowest BCUT2D eigenvalue weighted by atomic mass is 10.2. The molecule has 0 N–H and O–H groups in total. The number of benzene rings is 2. The summed E-state index contributed by atoms with van der Waals surface area (Å²) in [6, 6.07) is 13.6. The molecular formula is C19H20ClNO4S. The summed E-state index contributed by atoms with van der Waals surface area (Å²) in [5.41, 5.74) is 1.05. The third-order valence-corrected chi connectivity index (χ3v) is 6.87. The van der Waals surface area contributed by atoms with Crippen LogP contribution in [0.3, 0.4) is 0 Å². The highest BCUT2D eigenvalue weighted by molar-refractivity contribution is 7.92. The van der Waals surface area contributed by atoms with Crippen LogP contribution in [0.2, 0.25) is 5.02 Å². The molecule has 138 valence electrons. The molecule has 1 atom stereocenters. The van der Waals surface area contributed by atoms with Crippen molar-refractivity contribution in [1.82, 2.24) is 4.90 Å². The Labute approximate surface area is 158 Å². The topological polar surface area (TPSA) is 63.7 Å². The lowest BCUT2D eigenvalue weighted by Gasteiger charge is -2.17. The van der Waals surface area contributed by atoms with Gasteiger partial charge in [0.05, 0.1) is 10.1 Å². The van der Waals surface area contributed by atoms with E-state index < -0.39 is 15.1 Å². The molecule has 1 unspecified atom stereocenters. The van der Waals surface area contributed by atoms with Crippen molar-refractivity contribution in [3.05, 3.63) is 59.1 Å². The Morgan fingerprint density at radius 3 is 2.65 bits per heavy atom. The Kier molecular flexibility index (Phi) is 5.53. The first-order valence-electron chi connectivity index (χ1n) is 8.33. The number of aryl methyl sites for hydroxylation is 1. The lowest BCUT2D eigenvalue weighted by molar-refractivity contribution is -0.132. The number of carbonyl (C=O) groups excluding carboxylic acids is 1. The maximum Gasteiger partial charge on any atom is 0.260 e. The third-order valence-electron chi connectivity index (χ3n) is 4.43. The van der Waals surface area contributed by atoms with E-state index in [4.69, 9.17) is 16.3 Å². The maximum atomic E-state index is 12.7. The zero-order chi connectivity index (χ0) is 18.7. The SMILES string of the molecule is Cc1cccc(OCC(=O)N2CCC(S(=O)(=O)c3ccc(Cl)cc3)C2)c1. The minimum atomic E-state index is -3.49. The minimum absolute atomic E-state index is 0.100. The molecule has 0 aliphatic carbocycles. The van der Waals surface area contributed by atoms with Crippen molar-refractivity contribution in [3.8, 4) is 5.75 Å². The summed E-state index contributed by atoms with van der Waals surface area (Å²) in [5, 5.41) is -0.118. The molecular weight excluding hydrogens is 374 g/mol. The average molecular weight is 394 g/mol. The third kappa shape index (κ3) is 4.19. The number of sulfone groups is 1. The van der Waals surface area contributed by atoms with E-state index >= 15 is 0 Å². The number of likely N-dealkylation sites (tertiary alicyclic amines) is 1. The molecule has 7 heteroatoms. The van der Waals surface area contributed by atoms with E-state index in [1.54, 1.807) is 23.1 Å². The zero-order valence-corrected chi connectivity index (χ0v) is 16.0. The maximum absolute atomic E-state index is 12.7. The van der Waals surface area contributed by atoms with Crippen LogP contribution in [0.1, 0.15) is 12.0 Å². The molecule has 5 nitrogen and oxygen atoms in total. The predicted molar refractivity (Wildman–Crippen MR) is 100 cm³/mol. The first-order chi connectivity index (χ1) is 12.4. The first-order valence-corrected chi connectivity index (χ1v) is 10.3. The second-order valence-corrected chi connectivity index (χ2v) is 9.02. The van der Waals surface area contributed by atoms with Crippen LogP contribution in [0.4, 0.5) is 0 Å². The molecule has 2 aromatic carbocycles. The number of nitrogens with zero attached hydrogens (tertiary/aromatic N) is 1. The van der Waals surface area contributed by atoms with Gasteiger partial charge in [0.25, 0.3) is 5.91 Å². The van der Waals surface area contributed by atoms with Crippen molar-refractivity contribution in [2.24, 2.45) is 0 Å². The number of amides is 1. The van der Waals surface area contributed by atoms with Gasteiger partial charge in [0.15, 0.2) is 16.4 Å². The van der Waals surface area contributed by atoms with Crippen LogP contribution in [-0.2, 0) is 14.6 Å². The van der Waals surface area contributed by atoms with Gasteiger partial charge in [0, 0.05) is 18.1 Å². The van der Waals surface area contributed by atoms with E-state index in [0.717, 1.165) is 5.56 Å². The van der Waals surface area contributed by atoms with Crippen molar-refractivity contribution < 1.29 is 17.9 Å². The van der Waals surface area contributed by atoms with E-state index in [0.29, 0.717) is 23.7 Å². The van der Waals surface area contributed by atoms with E-state index in [-0.39, 0.29) is 24.0 Å².